The van der Waals surface area contributed by atoms with Crippen LogP contribution in [0, 0.1) is 0 Å². The molecular weight excluding hydrogens is 408 g/mol. The molecule has 154 valence electrons. The van der Waals surface area contributed by atoms with Crippen LogP contribution in [0.25, 0.3) is 10.9 Å². The summed E-state index contributed by atoms with van der Waals surface area (Å²) < 4.78 is 6.81. The lowest BCUT2D eigenvalue weighted by atomic mass is 10.1. The first-order chi connectivity index (χ1) is 14.5. The summed E-state index contributed by atoms with van der Waals surface area (Å²) in [5.41, 5.74) is 0.592. The first-order valence-corrected chi connectivity index (χ1v) is 10.0. The van der Waals surface area contributed by atoms with Gasteiger partial charge in [0.1, 0.15) is 11.6 Å². The number of hydrogen-bond donors (Lipinski definition) is 1. The minimum Gasteiger partial charge on any atom is -0.452 e. The molecule has 0 bridgehead atoms. The molecule has 1 amide bonds. The van der Waals surface area contributed by atoms with Crippen LogP contribution in [0.15, 0.2) is 41.3 Å². The van der Waals surface area contributed by atoms with Crippen molar-refractivity contribution in [3.63, 3.8) is 0 Å². The minimum absolute atomic E-state index is 0.0911. The molecule has 0 saturated heterocycles. The van der Waals surface area contributed by atoms with E-state index in [2.05, 4.69) is 15.3 Å². The Kier molecular flexibility index (Phi) is 5.76. The molecule has 3 aromatic rings. The summed E-state index contributed by atoms with van der Waals surface area (Å²) >= 11 is 5.75. The largest absolute Gasteiger partial charge is 0.452 e. The Balaban J connectivity index is 1.47. The van der Waals surface area contributed by atoms with Crippen LogP contribution in [-0.4, -0.2) is 33.0 Å². The second kappa shape index (κ2) is 8.62. The molecule has 0 fully saturated rings. The maximum Gasteiger partial charge on any atom is 0.338 e. The number of halogens is 1. The Morgan fingerprint density at radius 2 is 2.03 bits per heavy atom. The van der Waals surface area contributed by atoms with Gasteiger partial charge in [0.25, 0.3) is 11.5 Å². The van der Waals surface area contributed by atoms with Crippen LogP contribution >= 0.6 is 11.6 Å². The second-order valence-corrected chi connectivity index (χ2v) is 7.45. The Morgan fingerprint density at radius 3 is 2.83 bits per heavy atom. The van der Waals surface area contributed by atoms with Crippen LogP contribution in [0.2, 0.25) is 5.02 Å². The number of aryl methyl sites for hydroxylation is 1. The van der Waals surface area contributed by atoms with Crippen molar-refractivity contribution in [2.45, 2.75) is 32.2 Å². The van der Waals surface area contributed by atoms with Crippen LogP contribution < -0.4 is 10.9 Å². The molecule has 0 radical (unpaired) electrons. The van der Waals surface area contributed by atoms with Gasteiger partial charge in [-0.1, -0.05) is 18.0 Å². The maximum atomic E-state index is 12.8. The average molecular weight is 427 g/mol. The van der Waals surface area contributed by atoms with E-state index >= 15 is 0 Å². The van der Waals surface area contributed by atoms with E-state index in [0.717, 1.165) is 31.5 Å². The molecule has 0 saturated carbocycles. The number of nitrogens with zero attached hydrogens (tertiary/aromatic N) is 3. The van der Waals surface area contributed by atoms with Gasteiger partial charge in [0, 0.05) is 19.2 Å². The van der Waals surface area contributed by atoms with Crippen LogP contribution in [0.3, 0.4) is 0 Å². The van der Waals surface area contributed by atoms with Crippen molar-refractivity contribution in [3.05, 3.63) is 63.3 Å². The normalized spacial score (nSPS) is 13.4. The highest BCUT2D eigenvalue weighted by atomic mass is 35.5. The fraction of sp³-hybridized carbons (Fsp3) is 0.286. The topological polar surface area (TPSA) is 103 Å². The number of pyridine rings is 1. The van der Waals surface area contributed by atoms with E-state index in [4.69, 9.17) is 16.3 Å². The van der Waals surface area contributed by atoms with Gasteiger partial charge >= 0.3 is 5.97 Å². The van der Waals surface area contributed by atoms with Crippen molar-refractivity contribution in [1.82, 2.24) is 14.5 Å². The molecule has 2 aromatic heterocycles. The SMILES string of the molecule is O=C(COC(=O)c1ccc2c(=O)n3c(nc2c1)CCCCC3)Nc1ccc(Cl)cn1. The van der Waals surface area contributed by atoms with E-state index in [9.17, 15) is 14.4 Å². The maximum absolute atomic E-state index is 12.8. The zero-order chi connectivity index (χ0) is 21.1. The molecule has 4 rings (SSSR count). The summed E-state index contributed by atoms with van der Waals surface area (Å²) in [7, 11) is 0. The van der Waals surface area contributed by atoms with Gasteiger partial charge in [-0.25, -0.2) is 14.8 Å². The van der Waals surface area contributed by atoms with Crippen LogP contribution in [0.5, 0.6) is 0 Å². The summed E-state index contributed by atoms with van der Waals surface area (Å²) in [6.07, 6.45) is 5.13. The predicted molar refractivity (Wildman–Crippen MR) is 112 cm³/mol. The minimum atomic E-state index is -0.673. The lowest BCUT2D eigenvalue weighted by molar-refractivity contribution is -0.119. The second-order valence-electron chi connectivity index (χ2n) is 7.01. The van der Waals surface area contributed by atoms with Gasteiger partial charge in [-0.2, -0.15) is 0 Å². The molecule has 0 spiro atoms. The first kappa shape index (κ1) is 20.0. The Hall–Kier alpha value is -3.26. The molecule has 1 aliphatic rings. The number of benzene rings is 1. The number of nitrogens with one attached hydrogen (secondary N) is 1. The Bertz CT molecular complexity index is 1170. The van der Waals surface area contributed by atoms with Crippen molar-refractivity contribution in [1.29, 1.82) is 0 Å². The van der Waals surface area contributed by atoms with E-state index < -0.39 is 18.5 Å². The number of anilines is 1. The molecule has 1 aromatic carbocycles. The zero-order valence-corrected chi connectivity index (χ0v) is 16.8. The number of esters is 1. The van der Waals surface area contributed by atoms with Crippen LogP contribution in [0.1, 0.15) is 35.4 Å². The fourth-order valence-electron chi connectivity index (χ4n) is 3.39. The van der Waals surface area contributed by atoms with Gasteiger partial charge in [0.2, 0.25) is 0 Å². The molecule has 9 heteroatoms. The number of rotatable bonds is 4. The third-order valence-electron chi connectivity index (χ3n) is 4.88. The Labute approximate surface area is 176 Å². The first-order valence-electron chi connectivity index (χ1n) is 9.63. The summed E-state index contributed by atoms with van der Waals surface area (Å²) in [5.74, 6) is -0.157. The molecule has 30 heavy (non-hydrogen) atoms. The third kappa shape index (κ3) is 4.33. The number of carbonyl (C=O) groups excluding carboxylic acids is 2. The smallest absolute Gasteiger partial charge is 0.338 e. The van der Waals surface area contributed by atoms with Gasteiger partial charge < -0.3 is 10.1 Å². The van der Waals surface area contributed by atoms with Crippen molar-refractivity contribution in [3.8, 4) is 0 Å². The number of ether oxygens (including phenoxy) is 1. The quantitative estimate of drug-likeness (QED) is 0.643. The Morgan fingerprint density at radius 1 is 1.17 bits per heavy atom. The zero-order valence-electron chi connectivity index (χ0n) is 16.1. The highest BCUT2D eigenvalue weighted by molar-refractivity contribution is 6.30. The summed E-state index contributed by atoms with van der Waals surface area (Å²) in [6.45, 7) is 0.194. The molecule has 3 heterocycles. The van der Waals surface area contributed by atoms with E-state index in [-0.39, 0.29) is 11.1 Å². The molecule has 0 atom stereocenters. The van der Waals surface area contributed by atoms with Gasteiger partial charge in [0.05, 0.1) is 21.5 Å². The number of fused-ring (bicyclic) bond motifs is 2. The average Bonchev–Trinajstić information content (AvgIpc) is 2.99. The third-order valence-corrected chi connectivity index (χ3v) is 5.10. The van der Waals surface area contributed by atoms with Crippen molar-refractivity contribution in [2.75, 3.05) is 11.9 Å². The number of amides is 1. The molecule has 0 unspecified atom stereocenters. The lowest BCUT2D eigenvalue weighted by Crippen LogP contribution is -2.25. The highest BCUT2D eigenvalue weighted by Gasteiger charge is 2.16. The number of aromatic nitrogens is 3. The standard InChI is InChI=1S/C21H19ClN4O4/c22-14-6-8-17(23-11-14)25-19(27)12-30-21(29)13-5-7-15-16(10-13)24-18-4-2-1-3-9-26(18)20(15)28/h5-8,10-11H,1-4,9,12H2,(H,23,25,27). The van der Waals surface area contributed by atoms with Crippen molar-refractivity contribution in [2.24, 2.45) is 0 Å². The van der Waals surface area contributed by atoms with E-state index in [1.807, 2.05) is 0 Å². The summed E-state index contributed by atoms with van der Waals surface area (Å²) in [5, 5.41) is 3.42. The summed E-state index contributed by atoms with van der Waals surface area (Å²) in [4.78, 5) is 45.6. The number of carbonyl (C=O) groups is 2. The van der Waals surface area contributed by atoms with Gasteiger partial charge in [-0.15, -0.1) is 0 Å². The van der Waals surface area contributed by atoms with Crippen molar-refractivity contribution < 1.29 is 14.3 Å². The van der Waals surface area contributed by atoms with Gasteiger partial charge in [0.15, 0.2) is 6.61 Å². The van der Waals surface area contributed by atoms with Crippen LogP contribution in [-0.2, 0) is 22.5 Å². The highest BCUT2D eigenvalue weighted by Crippen LogP contribution is 2.17. The molecular formula is C21H19ClN4O4. The lowest BCUT2D eigenvalue weighted by Gasteiger charge is -2.11. The van der Waals surface area contributed by atoms with E-state index in [1.165, 1.54) is 18.3 Å². The van der Waals surface area contributed by atoms with Gasteiger partial charge in [-0.3, -0.25) is 14.2 Å². The van der Waals surface area contributed by atoms with Crippen LogP contribution in [0.4, 0.5) is 5.82 Å². The fourth-order valence-corrected chi connectivity index (χ4v) is 3.50. The molecule has 1 N–H and O–H groups in total. The van der Waals surface area contributed by atoms with E-state index in [0.29, 0.717) is 28.3 Å². The van der Waals surface area contributed by atoms with E-state index in [1.54, 1.807) is 22.8 Å². The van der Waals surface area contributed by atoms with Gasteiger partial charge in [-0.05, 0) is 43.2 Å². The van der Waals surface area contributed by atoms with Crippen molar-refractivity contribution >= 4 is 40.2 Å². The predicted octanol–water partition coefficient (Wildman–Crippen LogP) is 2.97. The molecule has 1 aliphatic heterocycles. The number of hydrogen-bond acceptors (Lipinski definition) is 6. The summed E-state index contributed by atoms with van der Waals surface area (Å²) in [6, 6.07) is 7.75. The molecule has 8 nitrogen and oxygen atoms in total. The monoisotopic (exact) mass is 426 g/mol. The molecule has 0 aliphatic carbocycles.